The molecule has 4 heteroatoms. The highest BCUT2D eigenvalue weighted by molar-refractivity contribution is 5.99. The van der Waals surface area contributed by atoms with Gasteiger partial charge in [0.2, 0.25) is 5.69 Å². The molecule has 2 aromatic heterocycles. The maximum atomic E-state index is 12.3. The Bertz CT molecular complexity index is 859. The summed E-state index contributed by atoms with van der Waals surface area (Å²) in [6.07, 6.45) is 4.65. The van der Waals surface area contributed by atoms with Crippen molar-refractivity contribution in [2.24, 2.45) is 0 Å². The number of aryl methyl sites for hydroxylation is 2. The van der Waals surface area contributed by atoms with Crippen LogP contribution in [-0.4, -0.2) is 17.6 Å². The summed E-state index contributed by atoms with van der Waals surface area (Å²) in [5.74, 6) is -0.260. The van der Waals surface area contributed by atoms with E-state index in [4.69, 9.17) is 4.74 Å². The summed E-state index contributed by atoms with van der Waals surface area (Å²) in [5, 5.41) is 1.20. The third kappa shape index (κ3) is 2.99. The maximum absolute atomic E-state index is 12.3. The molecule has 0 fully saturated rings. The molecule has 1 aliphatic rings. The second-order valence-corrected chi connectivity index (χ2v) is 7.06. The number of H-pyrrole nitrogens is 1. The van der Waals surface area contributed by atoms with E-state index in [1.165, 1.54) is 47.2 Å². The molecule has 0 aromatic carbocycles. The second kappa shape index (κ2) is 7.03. The van der Waals surface area contributed by atoms with Crippen molar-refractivity contribution in [1.29, 1.82) is 0 Å². The Labute approximate surface area is 149 Å². The third-order valence-corrected chi connectivity index (χ3v) is 5.38. The number of nitrogens with zero attached hydrogens (tertiary/aromatic N) is 1. The predicted molar refractivity (Wildman–Crippen MR) is 101 cm³/mol. The lowest BCUT2D eigenvalue weighted by atomic mass is 10.0. The third-order valence-electron chi connectivity index (χ3n) is 5.38. The van der Waals surface area contributed by atoms with E-state index in [0.29, 0.717) is 12.3 Å². The Morgan fingerprint density at radius 1 is 1.24 bits per heavy atom. The zero-order valence-corrected chi connectivity index (χ0v) is 16.1. The highest BCUT2D eigenvalue weighted by Crippen LogP contribution is 2.31. The molecule has 0 amide bonds. The van der Waals surface area contributed by atoms with Crippen molar-refractivity contribution < 1.29 is 14.1 Å². The quantitative estimate of drug-likeness (QED) is 0.478. The van der Waals surface area contributed by atoms with Gasteiger partial charge in [0.15, 0.2) is 12.2 Å². The van der Waals surface area contributed by atoms with E-state index in [0.717, 1.165) is 24.0 Å². The predicted octanol–water partition coefficient (Wildman–Crippen LogP) is 4.48. The van der Waals surface area contributed by atoms with Crippen LogP contribution in [0.5, 0.6) is 0 Å². The molecule has 0 bridgehead atoms. The fourth-order valence-electron chi connectivity index (χ4n) is 3.87. The number of fused-ring (bicyclic) bond motifs is 2. The molecule has 3 rings (SSSR count). The minimum atomic E-state index is -0.260. The zero-order valence-electron chi connectivity index (χ0n) is 16.1. The average molecular weight is 341 g/mol. The number of nitrogens with one attached hydrogen (secondary N) is 1. The standard InChI is InChI=1S/C21H28N2O2/c1-6-8-9-10-17-19-15(5)20(21(24)25-7-2)22-16(19)11-18-14(4)13(3)12-23(17)18/h11H,6-10,12H2,1-5H3/p+1. The molecule has 25 heavy (non-hydrogen) atoms. The number of aromatic nitrogens is 2. The van der Waals surface area contributed by atoms with Gasteiger partial charge in [0, 0.05) is 23.6 Å². The summed E-state index contributed by atoms with van der Waals surface area (Å²) in [5.41, 5.74) is 8.05. The molecule has 0 atom stereocenters. The molecule has 0 spiro atoms. The summed E-state index contributed by atoms with van der Waals surface area (Å²) in [4.78, 5) is 15.6. The Balaban J connectivity index is 2.18. The molecule has 134 valence electrons. The van der Waals surface area contributed by atoms with Gasteiger partial charge in [-0.15, -0.1) is 0 Å². The first kappa shape index (κ1) is 17.7. The summed E-state index contributed by atoms with van der Waals surface area (Å²) in [7, 11) is 0. The number of carbonyl (C=O) groups excluding carboxylic acids is 1. The maximum Gasteiger partial charge on any atom is 0.355 e. The molecule has 4 nitrogen and oxygen atoms in total. The lowest BCUT2D eigenvalue weighted by Crippen LogP contribution is -2.39. The number of esters is 1. The average Bonchev–Trinajstić information content (AvgIpc) is 3.06. The van der Waals surface area contributed by atoms with E-state index in [9.17, 15) is 4.79 Å². The Morgan fingerprint density at radius 3 is 2.68 bits per heavy atom. The van der Waals surface area contributed by atoms with Crippen molar-refractivity contribution >= 4 is 22.4 Å². The second-order valence-electron chi connectivity index (χ2n) is 7.06. The van der Waals surface area contributed by atoms with Crippen LogP contribution in [0.4, 0.5) is 0 Å². The van der Waals surface area contributed by atoms with Gasteiger partial charge in [-0.3, -0.25) is 0 Å². The van der Waals surface area contributed by atoms with Gasteiger partial charge < -0.3 is 9.72 Å². The number of hydrogen-bond donors (Lipinski definition) is 1. The molecule has 0 saturated carbocycles. The van der Waals surface area contributed by atoms with Crippen LogP contribution in [0.2, 0.25) is 0 Å². The molecule has 0 radical (unpaired) electrons. The fourth-order valence-corrected chi connectivity index (χ4v) is 3.87. The highest BCUT2D eigenvalue weighted by Gasteiger charge is 2.31. The molecule has 0 aliphatic carbocycles. The first-order valence-corrected chi connectivity index (χ1v) is 9.41. The van der Waals surface area contributed by atoms with Crippen molar-refractivity contribution in [2.45, 2.75) is 66.8 Å². The molecule has 3 heterocycles. The SMILES string of the molecule is CCCCCc1c2c(C)c(C(=O)OCC)[nH]c2cc2[n+]1CC(C)=C2C. The van der Waals surface area contributed by atoms with Gasteiger partial charge in [-0.25, -0.2) is 4.79 Å². The van der Waals surface area contributed by atoms with Crippen LogP contribution in [0.15, 0.2) is 11.6 Å². The van der Waals surface area contributed by atoms with Crippen LogP contribution in [0.25, 0.3) is 16.5 Å². The van der Waals surface area contributed by atoms with Gasteiger partial charge in [0.25, 0.3) is 0 Å². The van der Waals surface area contributed by atoms with Crippen LogP contribution in [-0.2, 0) is 17.7 Å². The van der Waals surface area contributed by atoms with Gasteiger partial charge in [-0.1, -0.05) is 19.8 Å². The number of unbranched alkanes of at least 4 members (excludes halogenated alkanes) is 2. The van der Waals surface area contributed by atoms with Gasteiger partial charge in [-0.05, 0) is 39.7 Å². The van der Waals surface area contributed by atoms with Crippen molar-refractivity contribution in [1.82, 2.24) is 4.98 Å². The van der Waals surface area contributed by atoms with E-state index < -0.39 is 0 Å². The monoisotopic (exact) mass is 341 g/mol. The van der Waals surface area contributed by atoms with E-state index >= 15 is 0 Å². The molecule has 0 unspecified atom stereocenters. The molecule has 0 saturated heterocycles. The van der Waals surface area contributed by atoms with Crippen molar-refractivity contribution in [3.63, 3.8) is 0 Å². The summed E-state index contributed by atoms with van der Waals surface area (Å²) in [6.45, 7) is 11.9. The van der Waals surface area contributed by atoms with Crippen molar-refractivity contribution in [2.75, 3.05) is 6.61 Å². The summed E-state index contributed by atoms with van der Waals surface area (Å²) < 4.78 is 7.67. The van der Waals surface area contributed by atoms with Crippen LogP contribution < -0.4 is 4.57 Å². The van der Waals surface area contributed by atoms with E-state index in [2.05, 4.69) is 36.4 Å². The minimum Gasteiger partial charge on any atom is -0.461 e. The van der Waals surface area contributed by atoms with Crippen molar-refractivity contribution in [3.05, 3.63) is 34.3 Å². The Hall–Kier alpha value is -2.10. The smallest absolute Gasteiger partial charge is 0.355 e. The van der Waals surface area contributed by atoms with Crippen LogP contribution >= 0.6 is 0 Å². The number of allylic oxidation sites excluding steroid dienone is 2. The molecular weight excluding hydrogens is 312 g/mol. The van der Waals surface area contributed by atoms with Gasteiger partial charge in [0.1, 0.15) is 5.69 Å². The highest BCUT2D eigenvalue weighted by atomic mass is 16.5. The Kier molecular flexibility index (Phi) is 4.98. The molecular formula is C21H29N2O2+. The number of carbonyl (C=O) groups is 1. The topological polar surface area (TPSA) is 46.0 Å². The summed E-state index contributed by atoms with van der Waals surface area (Å²) in [6, 6.07) is 2.19. The number of rotatable bonds is 6. The zero-order chi connectivity index (χ0) is 18.1. The molecule has 1 N–H and O–H groups in total. The normalized spacial score (nSPS) is 13.6. The minimum absolute atomic E-state index is 0.260. The largest absolute Gasteiger partial charge is 0.461 e. The van der Waals surface area contributed by atoms with Crippen LogP contribution in [0, 0.1) is 6.92 Å². The lowest BCUT2D eigenvalue weighted by Gasteiger charge is -2.06. The van der Waals surface area contributed by atoms with Gasteiger partial charge in [-0.2, -0.15) is 4.57 Å². The number of ether oxygens (including phenoxy) is 1. The number of pyridine rings is 1. The van der Waals surface area contributed by atoms with E-state index in [1.54, 1.807) is 0 Å². The molecule has 2 aromatic rings. The van der Waals surface area contributed by atoms with Gasteiger partial charge >= 0.3 is 5.97 Å². The van der Waals surface area contributed by atoms with Crippen molar-refractivity contribution in [3.8, 4) is 0 Å². The number of hydrogen-bond acceptors (Lipinski definition) is 2. The number of aromatic amines is 1. The Morgan fingerprint density at radius 2 is 2.00 bits per heavy atom. The first-order chi connectivity index (χ1) is 12.0. The lowest BCUT2D eigenvalue weighted by molar-refractivity contribution is -0.692. The molecule has 1 aliphatic heterocycles. The fraction of sp³-hybridized carbons (Fsp3) is 0.524. The first-order valence-electron chi connectivity index (χ1n) is 9.41. The van der Waals surface area contributed by atoms with Crippen LogP contribution in [0.1, 0.15) is 74.4 Å². The summed E-state index contributed by atoms with van der Waals surface area (Å²) >= 11 is 0. The van der Waals surface area contributed by atoms with E-state index in [1.807, 2.05) is 13.8 Å². The van der Waals surface area contributed by atoms with E-state index in [-0.39, 0.29) is 5.97 Å². The van der Waals surface area contributed by atoms with Gasteiger partial charge in [0.05, 0.1) is 17.5 Å². The van der Waals surface area contributed by atoms with Crippen LogP contribution in [0.3, 0.4) is 0 Å².